The standard InChI is InChI=1S/C30H31F4N3O4/c31-25-21-16-37(23-9-10-24(38)35-26(23)39)27(40)20(21)7-8-22(25)29(41)13-14-36(17-28(29)11-1-2-12-28)15-18-3-5-19(6-4-18)30(32,33)34/h3-8,23,41H,1-2,9-17H2,(H,35,38,39)/t23-,29+/m1/s1. The minimum Gasteiger partial charge on any atom is -0.384 e. The molecule has 218 valence electrons. The van der Waals surface area contributed by atoms with Crippen LogP contribution in [0.2, 0.25) is 0 Å². The summed E-state index contributed by atoms with van der Waals surface area (Å²) < 4.78 is 55.3. The Balaban J connectivity index is 1.25. The Hall–Kier alpha value is -3.31. The van der Waals surface area contributed by atoms with Crippen LogP contribution in [0.15, 0.2) is 36.4 Å². The quantitative estimate of drug-likeness (QED) is 0.422. The third-order valence-corrected chi connectivity index (χ3v) is 9.54. The molecule has 1 saturated carbocycles. The second-order valence-corrected chi connectivity index (χ2v) is 11.9. The molecule has 41 heavy (non-hydrogen) atoms. The van der Waals surface area contributed by atoms with Gasteiger partial charge in [-0.15, -0.1) is 0 Å². The van der Waals surface area contributed by atoms with Crippen LogP contribution in [0, 0.1) is 11.2 Å². The molecule has 3 aliphatic heterocycles. The minimum absolute atomic E-state index is 0.0928. The van der Waals surface area contributed by atoms with E-state index in [0.29, 0.717) is 32.5 Å². The summed E-state index contributed by atoms with van der Waals surface area (Å²) in [6, 6.07) is 7.23. The van der Waals surface area contributed by atoms with Gasteiger partial charge in [0.05, 0.1) is 12.1 Å². The van der Waals surface area contributed by atoms with E-state index in [2.05, 4.69) is 10.2 Å². The second-order valence-electron chi connectivity index (χ2n) is 11.9. The molecule has 0 aromatic heterocycles. The molecule has 11 heteroatoms. The number of carbonyl (C=O) groups is 3. The van der Waals surface area contributed by atoms with Crippen molar-refractivity contribution in [3.63, 3.8) is 0 Å². The first-order chi connectivity index (χ1) is 19.4. The smallest absolute Gasteiger partial charge is 0.384 e. The lowest BCUT2D eigenvalue weighted by molar-refractivity contribution is -0.143. The zero-order valence-electron chi connectivity index (χ0n) is 22.4. The maximum absolute atomic E-state index is 16.3. The van der Waals surface area contributed by atoms with Gasteiger partial charge < -0.3 is 10.0 Å². The highest BCUT2D eigenvalue weighted by Crippen LogP contribution is 2.56. The summed E-state index contributed by atoms with van der Waals surface area (Å²) >= 11 is 0. The molecular formula is C30H31F4N3O4. The average Bonchev–Trinajstić information content (AvgIpc) is 3.52. The molecule has 3 heterocycles. The van der Waals surface area contributed by atoms with Crippen molar-refractivity contribution in [1.82, 2.24) is 15.1 Å². The minimum atomic E-state index is -4.41. The number of benzene rings is 2. The summed E-state index contributed by atoms with van der Waals surface area (Å²) in [5.41, 5.74) is -1.69. The molecule has 3 fully saturated rings. The monoisotopic (exact) mass is 573 g/mol. The zero-order chi connectivity index (χ0) is 29.2. The predicted molar refractivity (Wildman–Crippen MR) is 139 cm³/mol. The van der Waals surface area contributed by atoms with Gasteiger partial charge in [-0.2, -0.15) is 13.2 Å². The van der Waals surface area contributed by atoms with Gasteiger partial charge in [-0.1, -0.05) is 31.0 Å². The number of carbonyl (C=O) groups excluding carboxylic acids is 3. The first kappa shape index (κ1) is 27.8. The molecule has 0 unspecified atom stereocenters. The molecule has 7 nitrogen and oxygen atoms in total. The van der Waals surface area contributed by atoms with Gasteiger partial charge in [0, 0.05) is 48.2 Å². The number of aliphatic hydroxyl groups is 1. The highest BCUT2D eigenvalue weighted by atomic mass is 19.4. The van der Waals surface area contributed by atoms with E-state index in [4.69, 9.17) is 0 Å². The number of piperidine rings is 2. The maximum Gasteiger partial charge on any atom is 0.416 e. The molecule has 1 aliphatic carbocycles. The topological polar surface area (TPSA) is 90.0 Å². The van der Waals surface area contributed by atoms with E-state index in [0.717, 1.165) is 30.5 Å². The van der Waals surface area contributed by atoms with Crippen LogP contribution in [0.5, 0.6) is 0 Å². The van der Waals surface area contributed by atoms with Crippen LogP contribution >= 0.6 is 0 Å². The van der Waals surface area contributed by atoms with Crippen LogP contribution in [-0.2, 0) is 34.5 Å². The summed E-state index contributed by atoms with van der Waals surface area (Å²) in [7, 11) is 0. The van der Waals surface area contributed by atoms with Crippen LogP contribution in [0.3, 0.4) is 0 Å². The van der Waals surface area contributed by atoms with Crippen LogP contribution in [-0.4, -0.2) is 51.8 Å². The van der Waals surface area contributed by atoms with Crippen LogP contribution in [0.1, 0.15) is 77.6 Å². The number of amides is 3. The summed E-state index contributed by atoms with van der Waals surface area (Å²) in [5, 5.41) is 14.5. The van der Waals surface area contributed by atoms with Crippen molar-refractivity contribution in [2.45, 2.75) is 75.9 Å². The fourth-order valence-corrected chi connectivity index (χ4v) is 7.38. The van der Waals surface area contributed by atoms with Gasteiger partial charge >= 0.3 is 6.18 Å². The van der Waals surface area contributed by atoms with E-state index in [-0.39, 0.29) is 42.5 Å². The number of likely N-dealkylation sites (tertiary alicyclic amines) is 1. The highest BCUT2D eigenvalue weighted by molar-refractivity contribution is 6.05. The van der Waals surface area contributed by atoms with Gasteiger partial charge in [-0.05, 0) is 49.4 Å². The van der Waals surface area contributed by atoms with Gasteiger partial charge in [-0.25, -0.2) is 4.39 Å². The van der Waals surface area contributed by atoms with Crippen molar-refractivity contribution in [2.75, 3.05) is 13.1 Å². The Labute approximate surface area is 234 Å². The van der Waals surface area contributed by atoms with Crippen molar-refractivity contribution in [3.05, 3.63) is 70.0 Å². The van der Waals surface area contributed by atoms with Crippen molar-refractivity contribution < 1.29 is 37.1 Å². The second kappa shape index (κ2) is 9.90. The number of halogens is 4. The number of nitrogens with one attached hydrogen (secondary N) is 1. The molecule has 6 rings (SSSR count). The van der Waals surface area contributed by atoms with Gasteiger partial charge in [0.15, 0.2) is 0 Å². The molecule has 2 N–H and O–H groups in total. The van der Waals surface area contributed by atoms with Crippen molar-refractivity contribution in [1.29, 1.82) is 0 Å². The van der Waals surface area contributed by atoms with E-state index < -0.39 is 52.3 Å². The van der Waals surface area contributed by atoms with Crippen molar-refractivity contribution in [2.24, 2.45) is 5.41 Å². The van der Waals surface area contributed by atoms with Gasteiger partial charge in [0.2, 0.25) is 11.8 Å². The zero-order valence-corrected chi connectivity index (χ0v) is 22.4. The Bertz CT molecular complexity index is 1400. The third kappa shape index (κ3) is 4.63. The van der Waals surface area contributed by atoms with E-state index >= 15 is 4.39 Å². The summed E-state index contributed by atoms with van der Waals surface area (Å²) in [6.45, 7) is 1.17. The number of hydrogen-bond donors (Lipinski definition) is 2. The lowest BCUT2D eigenvalue weighted by atomic mass is 9.62. The summed E-state index contributed by atoms with van der Waals surface area (Å²) in [6.07, 6.45) is -0.840. The molecule has 2 saturated heterocycles. The summed E-state index contributed by atoms with van der Waals surface area (Å²) in [5.74, 6) is -2.10. The number of rotatable bonds is 4. The third-order valence-electron chi connectivity index (χ3n) is 9.54. The molecule has 2 atom stereocenters. The fourth-order valence-electron chi connectivity index (χ4n) is 7.38. The molecule has 2 aromatic carbocycles. The average molecular weight is 574 g/mol. The largest absolute Gasteiger partial charge is 0.416 e. The molecular weight excluding hydrogens is 542 g/mol. The fraction of sp³-hybridized carbons (Fsp3) is 0.500. The number of nitrogens with zero attached hydrogens (tertiary/aromatic N) is 2. The first-order valence-electron chi connectivity index (χ1n) is 14.0. The SMILES string of the molecule is O=C1CC[C@@H](N2Cc3c(ccc([C@@]4(O)CCN(Cc5ccc(C(F)(F)F)cc5)CC45CCCC5)c3F)C2=O)C(=O)N1. The Morgan fingerprint density at radius 1 is 1.00 bits per heavy atom. The van der Waals surface area contributed by atoms with E-state index in [9.17, 15) is 32.7 Å². The number of alkyl halides is 3. The van der Waals surface area contributed by atoms with Crippen molar-refractivity contribution >= 4 is 17.7 Å². The van der Waals surface area contributed by atoms with E-state index in [1.54, 1.807) is 0 Å². The number of imide groups is 1. The molecule has 1 spiro atoms. The highest BCUT2D eigenvalue weighted by Gasteiger charge is 2.57. The van der Waals surface area contributed by atoms with E-state index in [1.165, 1.54) is 29.2 Å². The lowest BCUT2D eigenvalue weighted by Gasteiger charge is -2.53. The van der Waals surface area contributed by atoms with Gasteiger partial charge in [0.25, 0.3) is 5.91 Å². The van der Waals surface area contributed by atoms with Crippen LogP contribution in [0.4, 0.5) is 17.6 Å². The van der Waals surface area contributed by atoms with Crippen LogP contribution < -0.4 is 5.32 Å². The number of fused-ring (bicyclic) bond motifs is 1. The maximum atomic E-state index is 16.3. The predicted octanol–water partition coefficient (Wildman–Crippen LogP) is 4.26. The Morgan fingerprint density at radius 3 is 2.37 bits per heavy atom. The van der Waals surface area contributed by atoms with Gasteiger partial charge in [-0.3, -0.25) is 24.6 Å². The number of hydrogen-bond acceptors (Lipinski definition) is 5. The van der Waals surface area contributed by atoms with E-state index in [1.807, 2.05) is 0 Å². The molecule has 2 aromatic rings. The molecule has 0 radical (unpaired) electrons. The normalized spacial score (nSPS) is 26.5. The summed E-state index contributed by atoms with van der Waals surface area (Å²) in [4.78, 5) is 40.5. The van der Waals surface area contributed by atoms with Crippen LogP contribution in [0.25, 0.3) is 0 Å². The molecule has 0 bridgehead atoms. The molecule has 4 aliphatic rings. The first-order valence-corrected chi connectivity index (χ1v) is 14.0. The van der Waals surface area contributed by atoms with Gasteiger partial charge in [0.1, 0.15) is 17.5 Å². The Kier molecular flexibility index (Phi) is 6.73. The van der Waals surface area contributed by atoms with Crippen molar-refractivity contribution in [3.8, 4) is 0 Å². The molecule has 3 amide bonds. The lowest BCUT2D eigenvalue weighted by Crippen LogP contribution is -2.57. The Morgan fingerprint density at radius 2 is 1.71 bits per heavy atom.